The van der Waals surface area contributed by atoms with E-state index in [-0.39, 0.29) is 24.4 Å². The monoisotopic (exact) mass is 364 g/mol. The van der Waals surface area contributed by atoms with E-state index in [1.807, 2.05) is 0 Å². The molecule has 2 aliphatic rings. The second kappa shape index (κ2) is 8.60. The highest BCUT2D eigenvalue weighted by Crippen LogP contribution is 2.38. The highest BCUT2D eigenvalue weighted by molar-refractivity contribution is 6.01. The van der Waals surface area contributed by atoms with Gasteiger partial charge in [-0.1, -0.05) is 17.3 Å². The molecule has 2 aliphatic heterocycles. The lowest BCUT2D eigenvalue weighted by atomic mass is 9.74. The fourth-order valence-electron chi connectivity index (χ4n) is 3.57. The maximum atomic E-state index is 13.4. The van der Waals surface area contributed by atoms with Gasteiger partial charge >= 0.3 is 0 Å². The van der Waals surface area contributed by atoms with Gasteiger partial charge in [-0.15, -0.1) is 0 Å². The summed E-state index contributed by atoms with van der Waals surface area (Å²) in [5, 5.41) is 15.9. The number of hydrogen-bond donors (Lipinski definition) is 2. The van der Waals surface area contributed by atoms with E-state index in [4.69, 9.17) is 14.7 Å². The van der Waals surface area contributed by atoms with Crippen molar-refractivity contribution in [3.63, 3.8) is 0 Å². The first-order valence-electron chi connectivity index (χ1n) is 9.08. The van der Waals surface area contributed by atoms with Gasteiger partial charge in [0.25, 0.3) is 0 Å². The van der Waals surface area contributed by atoms with Gasteiger partial charge in [0.1, 0.15) is 11.9 Å². The quantitative estimate of drug-likeness (QED) is 0.726. The summed E-state index contributed by atoms with van der Waals surface area (Å²) in [5.74, 6) is -0.324. The minimum Gasteiger partial charge on any atom is -0.396 e. The molecule has 0 bridgehead atoms. The van der Waals surface area contributed by atoms with Crippen LogP contribution in [0.5, 0.6) is 0 Å². The highest BCUT2D eigenvalue weighted by atomic mass is 19.1. The molecule has 1 amide bonds. The topological polar surface area (TPSA) is 80.2 Å². The number of ether oxygens (including phenoxy) is 1. The molecule has 1 fully saturated rings. The number of carbonyl (C=O) groups excluding carboxylic acids is 1. The molecule has 1 atom stereocenters. The Kier molecular flexibility index (Phi) is 6.21. The largest absolute Gasteiger partial charge is 0.396 e. The molecule has 0 saturated carbocycles. The number of amides is 1. The van der Waals surface area contributed by atoms with Crippen molar-refractivity contribution in [1.29, 1.82) is 0 Å². The predicted molar refractivity (Wildman–Crippen MR) is 94.2 cm³/mol. The Labute approximate surface area is 152 Å². The van der Waals surface area contributed by atoms with Gasteiger partial charge in [0, 0.05) is 44.8 Å². The van der Waals surface area contributed by atoms with Crippen LogP contribution in [0.15, 0.2) is 29.4 Å². The third-order valence-corrected chi connectivity index (χ3v) is 5.06. The Bertz CT molecular complexity index is 659. The van der Waals surface area contributed by atoms with E-state index >= 15 is 0 Å². The SMILES string of the molecule is O=C(NCCCO)C1(C[C@H]2CC(c3cccc(F)c3)=NO2)CCOCC1. The van der Waals surface area contributed by atoms with E-state index in [0.717, 1.165) is 0 Å². The van der Waals surface area contributed by atoms with Crippen molar-refractivity contribution in [2.45, 2.75) is 38.2 Å². The molecule has 0 unspecified atom stereocenters. The van der Waals surface area contributed by atoms with Crippen molar-refractivity contribution in [1.82, 2.24) is 5.32 Å². The Morgan fingerprint density at radius 3 is 2.92 bits per heavy atom. The fourth-order valence-corrected chi connectivity index (χ4v) is 3.57. The number of nitrogens with one attached hydrogen (secondary N) is 1. The average molecular weight is 364 g/mol. The fraction of sp³-hybridized carbons (Fsp3) is 0.579. The number of carbonyl (C=O) groups is 1. The molecule has 0 aromatic heterocycles. The molecule has 6 nitrogen and oxygen atoms in total. The molecular formula is C19H25FN2O4. The van der Waals surface area contributed by atoms with Crippen LogP contribution in [0.25, 0.3) is 0 Å². The van der Waals surface area contributed by atoms with Crippen LogP contribution < -0.4 is 5.32 Å². The Morgan fingerprint density at radius 2 is 2.19 bits per heavy atom. The van der Waals surface area contributed by atoms with Gasteiger partial charge < -0.3 is 20.0 Å². The molecule has 1 aromatic rings. The van der Waals surface area contributed by atoms with E-state index in [9.17, 15) is 9.18 Å². The lowest BCUT2D eigenvalue weighted by Gasteiger charge is -2.36. The Hall–Kier alpha value is -1.99. The maximum absolute atomic E-state index is 13.4. The van der Waals surface area contributed by atoms with Crippen LogP contribution in [0.1, 0.15) is 37.7 Å². The van der Waals surface area contributed by atoms with E-state index in [1.165, 1.54) is 12.1 Å². The predicted octanol–water partition coefficient (Wildman–Crippen LogP) is 2.00. The second-order valence-electron chi connectivity index (χ2n) is 6.91. The zero-order valence-electron chi connectivity index (χ0n) is 14.7. The van der Waals surface area contributed by atoms with Crippen molar-refractivity contribution in [2.75, 3.05) is 26.4 Å². The minimum absolute atomic E-state index is 0.0166. The number of aliphatic hydroxyl groups excluding tert-OH is 1. The molecular weight excluding hydrogens is 339 g/mol. The maximum Gasteiger partial charge on any atom is 0.226 e. The van der Waals surface area contributed by atoms with Gasteiger partial charge in [0.2, 0.25) is 5.91 Å². The van der Waals surface area contributed by atoms with Gasteiger partial charge in [-0.25, -0.2) is 4.39 Å². The van der Waals surface area contributed by atoms with Crippen molar-refractivity contribution in [3.8, 4) is 0 Å². The summed E-state index contributed by atoms with van der Waals surface area (Å²) in [7, 11) is 0. The van der Waals surface area contributed by atoms with Gasteiger partial charge in [-0.05, 0) is 31.4 Å². The summed E-state index contributed by atoms with van der Waals surface area (Å²) in [5.41, 5.74) is 0.865. The summed E-state index contributed by atoms with van der Waals surface area (Å²) in [4.78, 5) is 18.4. The van der Waals surface area contributed by atoms with Crippen LogP contribution in [0.3, 0.4) is 0 Å². The molecule has 2 N–H and O–H groups in total. The molecule has 7 heteroatoms. The summed E-state index contributed by atoms with van der Waals surface area (Å²) in [6.07, 6.45) is 2.68. The normalized spacial score (nSPS) is 21.8. The zero-order chi connectivity index (χ0) is 18.4. The number of rotatable bonds is 7. The average Bonchev–Trinajstić information content (AvgIpc) is 3.11. The molecule has 0 aliphatic carbocycles. The third-order valence-electron chi connectivity index (χ3n) is 5.06. The molecule has 1 aromatic carbocycles. The molecule has 26 heavy (non-hydrogen) atoms. The summed E-state index contributed by atoms with van der Waals surface area (Å²) in [6, 6.07) is 6.29. The summed E-state index contributed by atoms with van der Waals surface area (Å²) in [6.45, 7) is 1.58. The first-order valence-corrected chi connectivity index (χ1v) is 9.08. The van der Waals surface area contributed by atoms with Crippen LogP contribution in [0.2, 0.25) is 0 Å². The number of halogens is 1. The second-order valence-corrected chi connectivity index (χ2v) is 6.91. The van der Waals surface area contributed by atoms with Gasteiger partial charge in [-0.3, -0.25) is 4.79 Å². The zero-order valence-corrected chi connectivity index (χ0v) is 14.7. The van der Waals surface area contributed by atoms with Crippen molar-refractivity contribution < 1.29 is 23.9 Å². The number of oxime groups is 1. The van der Waals surface area contributed by atoms with E-state index < -0.39 is 5.41 Å². The lowest BCUT2D eigenvalue weighted by molar-refractivity contribution is -0.140. The summed E-state index contributed by atoms with van der Waals surface area (Å²) >= 11 is 0. The number of hydrogen-bond acceptors (Lipinski definition) is 5. The van der Waals surface area contributed by atoms with E-state index in [1.54, 1.807) is 12.1 Å². The van der Waals surface area contributed by atoms with Gasteiger partial charge in [-0.2, -0.15) is 0 Å². The smallest absolute Gasteiger partial charge is 0.226 e. The first kappa shape index (κ1) is 18.8. The molecule has 0 spiro atoms. The van der Waals surface area contributed by atoms with Crippen LogP contribution in [0, 0.1) is 11.2 Å². The molecule has 0 radical (unpaired) electrons. The minimum atomic E-state index is -0.550. The Balaban J connectivity index is 1.64. The van der Waals surface area contributed by atoms with Crippen LogP contribution >= 0.6 is 0 Å². The molecule has 3 rings (SSSR count). The first-order chi connectivity index (χ1) is 12.6. The Morgan fingerprint density at radius 1 is 1.38 bits per heavy atom. The van der Waals surface area contributed by atoms with Gasteiger partial charge in [0.05, 0.1) is 11.1 Å². The number of nitrogens with zero attached hydrogens (tertiary/aromatic N) is 1. The van der Waals surface area contributed by atoms with Crippen molar-refractivity contribution in [3.05, 3.63) is 35.6 Å². The molecule has 2 heterocycles. The van der Waals surface area contributed by atoms with Gasteiger partial charge in [0.15, 0.2) is 0 Å². The van der Waals surface area contributed by atoms with Crippen molar-refractivity contribution in [2.24, 2.45) is 10.6 Å². The number of benzene rings is 1. The third kappa shape index (κ3) is 4.40. The van der Waals surface area contributed by atoms with Crippen LogP contribution in [0.4, 0.5) is 4.39 Å². The van der Waals surface area contributed by atoms with E-state index in [2.05, 4.69) is 10.5 Å². The standard InChI is InChI=1S/C19H25FN2O4/c20-15-4-1-3-14(11-15)17-12-16(26-22-17)13-19(5-9-25-10-6-19)18(24)21-7-2-8-23/h1,3-4,11,16,23H,2,5-10,12-13H2,(H,21,24)/t16-/m1/s1. The van der Waals surface area contributed by atoms with Crippen LogP contribution in [-0.4, -0.2) is 49.2 Å². The molecule has 142 valence electrons. The van der Waals surface area contributed by atoms with E-state index in [0.29, 0.717) is 63.1 Å². The lowest BCUT2D eigenvalue weighted by Crippen LogP contribution is -2.47. The highest BCUT2D eigenvalue weighted by Gasteiger charge is 2.43. The molecule has 1 saturated heterocycles. The number of aliphatic hydroxyl groups is 1. The summed E-state index contributed by atoms with van der Waals surface area (Å²) < 4.78 is 18.9. The van der Waals surface area contributed by atoms with Crippen LogP contribution in [-0.2, 0) is 14.4 Å². The van der Waals surface area contributed by atoms with Crippen molar-refractivity contribution >= 4 is 11.6 Å².